The van der Waals surface area contributed by atoms with Gasteiger partial charge in [-0.1, -0.05) is 12.2 Å². The van der Waals surface area contributed by atoms with Gasteiger partial charge in [0, 0.05) is 43.4 Å². The summed E-state index contributed by atoms with van der Waals surface area (Å²) in [6, 6.07) is 7.46. The van der Waals surface area contributed by atoms with Crippen LogP contribution in [0.1, 0.15) is 25.8 Å². The van der Waals surface area contributed by atoms with Gasteiger partial charge in [0.25, 0.3) is 0 Å². The zero-order valence-corrected chi connectivity index (χ0v) is 21.7. The summed E-state index contributed by atoms with van der Waals surface area (Å²) in [4.78, 5) is 17.4. The molecule has 6 rings (SSSR count). The molecule has 2 aromatic carbocycles. The summed E-state index contributed by atoms with van der Waals surface area (Å²) in [5, 5.41) is 3.89. The summed E-state index contributed by atoms with van der Waals surface area (Å²) in [5.74, 6) is 0.698. The minimum absolute atomic E-state index is 0.0874. The number of morpholine rings is 1. The van der Waals surface area contributed by atoms with Crippen LogP contribution in [0.4, 0.5) is 27.3 Å². The van der Waals surface area contributed by atoms with E-state index in [0.717, 1.165) is 37.3 Å². The predicted octanol–water partition coefficient (Wildman–Crippen LogP) is 5.18. The number of likely N-dealkylation sites (N-methyl/N-ethyl adjacent to an activating group) is 1. The van der Waals surface area contributed by atoms with E-state index in [1.807, 2.05) is 40.1 Å². The summed E-state index contributed by atoms with van der Waals surface area (Å²) >= 11 is 0. The standard InChI is InChI=1S/C28H33FN6O2/c1-6-7-21-22(30-3)8-9-23(27(21)29)33-28-26-24(31-16-32-28)10-18(35-14-19-12-20(15-35)37-19)11-25(26)36-17(2)13-34(4)5/h6-11,16-17,19-20H,3,12-15H2,1-2,4-5H3,(H,31,32,33)/b7-6-/t17-,19?,20?/m1/s1. The smallest absolute Gasteiger partial charge is 0.156 e. The van der Waals surface area contributed by atoms with Crippen LogP contribution in [0.15, 0.2) is 41.7 Å². The topological polar surface area (TPSA) is 75.1 Å². The number of anilines is 3. The summed E-state index contributed by atoms with van der Waals surface area (Å²) in [6.07, 6.45) is 6.52. The Morgan fingerprint density at radius 2 is 2.05 bits per heavy atom. The zero-order chi connectivity index (χ0) is 26.1. The molecule has 0 saturated carbocycles. The van der Waals surface area contributed by atoms with Gasteiger partial charge >= 0.3 is 0 Å². The first kappa shape index (κ1) is 25.1. The quantitative estimate of drug-likeness (QED) is 0.402. The molecule has 3 saturated heterocycles. The molecular weight excluding hydrogens is 471 g/mol. The SMILES string of the molecule is C=Nc1ccc(Nc2ncnc3cc(N4CC5CC(C4)O5)cc(O[C@H](C)CN(C)C)c23)c(F)c1/C=C\C. The number of fused-ring (bicyclic) bond motifs is 3. The minimum atomic E-state index is -0.428. The van der Waals surface area contributed by atoms with Crippen LogP contribution in [0, 0.1) is 5.82 Å². The van der Waals surface area contributed by atoms with Crippen LogP contribution in [0.25, 0.3) is 17.0 Å². The summed E-state index contributed by atoms with van der Waals surface area (Å²) in [5.41, 5.74) is 2.88. The van der Waals surface area contributed by atoms with Gasteiger partial charge in [0.15, 0.2) is 5.82 Å². The third kappa shape index (κ3) is 5.14. The fourth-order valence-corrected chi connectivity index (χ4v) is 5.11. The van der Waals surface area contributed by atoms with E-state index in [9.17, 15) is 0 Å². The van der Waals surface area contributed by atoms with E-state index < -0.39 is 5.82 Å². The predicted molar refractivity (Wildman–Crippen MR) is 147 cm³/mol. The Bertz CT molecular complexity index is 1330. The van der Waals surface area contributed by atoms with Gasteiger partial charge < -0.3 is 24.6 Å². The van der Waals surface area contributed by atoms with Crippen LogP contribution in [0.3, 0.4) is 0 Å². The second kappa shape index (κ2) is 10.4. The van der Waals surface area contributed by atoms with Crippen molar-refractivity contribution in [3.63, 3.8) is 0 Å². The van der Waals surface area contributed by atoms with Crippen LogP contribution < -0.4 is 15.0 Å². The van der Waals surface area contributed by atoms with Crippen molar-refractivity contribution < 1.29 is 13.9 Å². The lowest BCUT2D eigenvalue weighted by molar-refractivity contribution is -0.133. The number of allylic oxidation sites excluding steroid dienone is 1. The second-order valence-electron chi connectivity index (χ2n) is 9.91. The van der Waals surface area contributed by atoms with E-state index in [1.54, 1.807) is 24.3 Å². The first-order valence-corrected chi connectivity index (χ1v) is 12.6. The molecule has 4 heterocycles. The fourth-order valence-electron chi connectivity index (χ4n) is 5.11. The highest BCUT2D eigenvalue weighted by atomic mass is 19.1. The van der Waals surface area contributed by atoms with E-state index in [-0.39, 0.29) is 24.0 Å². The van der Waals surface area contributed by atoms with Gasteiger partial charge in [0.2, 0.25) is 0 Å². The maximum absolute atomic E-state index is 15.5. The number of aliphatic imine (C=N–C) groups is 1. The van der Waals surface area contributed by atoms with E-state index >= 15 is 4.39 Å². The molecule has 194 valence electrons. The second-order valence-corrected chi connectivity index (χ2v) is 9.91. The number of rotatable bonds is 9. The molecule has 37 heavy (non-hydrogen) atoms. The van der Waals surface area contributed by atoms with Crippen molar-refractivity contribution in [2.24, 2.45) is 4.99 Å². The Hall–Kier alpha value is -3.56. The summed E-state index contributed by atoms with van der Waals surface area (Å²) in [6.45, 7) is 9.84. The normalized spacial score (nSPS) is 19.8. The minimum Gasteiger partial charge on any atom is -0.488 e. The number of benzene rings is 2. The number of nitrogens with one attached hydrogen (secondary N) is 1. The summed E-state index contributed by atoms with van der Waals surface area (Å²) in [7, 11) is 4.02. The number of piperidine rings is 1. The van der Waals surface area contributed by atoms with Crippen LogP contribution in [-0.4, -0.2) is 73.6 Å². The van der Waals surface area contributed by atoms with Crippen molar-refractivity contribution >= 4 is 46.6 Å². The van der Waals surface area contributed by atoms with Crippen molar-refractivity contribution in [3.05, 3.63) is 48.0 Å². The lowest BCUT2D eigenvalue weighted by atomic mass is 9.98. The van der Waals surface area contributed by atoms with E-state index in [0.29, 0.717) is 28.2 Å². The highest BCUT2D eigenvalue weighted by Gasteiger charge is 2.38. The fraction of sp³-hybridized carbons (Fsp3) is 0.393. The van der Waals surface area contributed by atoms with Gasteiger partial charge in [-0.05, 0) is 52.9 Å². The van der Waals surface area contributed by atoms with Crippen molar-refractivity contribution in [1.29, 1.82) is 0 Å². The Morgan fingerprint density at radius 1 is 1.30 bits per heavy atom. The molecule has 0 radical (unpaired) electrons. The zero-order valence-electron chi connectivity index (χ0n) is 21.7. The maximum Gasteiger partial charge on any atom is 0.156 e. The molecule has 1 aromatic heterocycles. The van der Waals surface area contributed by atoms with Crippen molar-refractivity contribution in [2.75, 3.05) is 43.9 Å². The molecule has 3 aliphatic rings. The molecule has 3 aromatic rings. The third-order valence-electron chi connectivity index (χ3n) is 6.67. The highest BCUT2D eigenvalue weighted by molar-refractivity contribution is 5.98. The number of halogens is 1. The molecule has 8 nitrogen and oxygen atoms in total. The van der Waals surface area contributed by atoms with Gasteiger partial charge in [0.1, 0.15) is 24.0 Å². The Labute approximate surface area is 216 Å². The van der Waals surface area contributed by atoms with Crippen LogP contribution >= 0.6 is 0 Å². The molecule has 1 N–H and O–H groups in total. The van der Waals surface area contributed by atoms with E-state index in [1.165, 1.54) is 6.33 Å². The number of hydrogen-bond donors (Lipinski definition) is 1. The van der Waals surface area contributed by atoms with Crippen molar-refractivity contribution in [3.8, 4) is 5.75 Å². The van der Waals surface area contributed by atoms with Gasteiger partial charge in [-0.25, -0.2) is 14.4 Å². The Kier molecular flexibility index (Phi) is 7.08. The number of ether oxygens (including phenoxy) is 2. The van der Waals surface area contributed by atoms with E-state index in [2.05, 4.69) is 36.8 Å². The molecule has 2 unspecified atom stereocenters. The average molecular weight is 505 g/mol. The molecule has 2 bridgehead atoms. The monoisotopic (exact) mass is 504 g/mol. The molecule has 3 atom stereocenters. The maximum atomic E-state index is 15.5. The van der Waals surface area contributed by atoms with Crippen LogP contribution in [-0.2, 0) is 4.74 Å². The molecule has 3 fully saturated rings. The van der Waals surface area contributed by atoms with Crippen LogP contribution in [0.2, 0.25) is 0 Å². The number of aromatic nitrogens is 2. The lowest BCUT2D eigenvalue weighted by Gasteiger charge is -2.48. The third-order valence-corrected chi connectivity index (χ3v) is 6.67. The van der Waals surface area contributed by atoms with E-state index in [4.69, 9.17) is 9.47 Å². The number of hydrogen-bond acceptors (Lipinski definition) is 8. The Balaban J connectivity index is 1.58. The lowest BCUT2D eigenvalue weighted by Crippen LogP contribution is -2.57. The Morgan fingerprint density at radius 3 is 2.73 bits per heavy atom. The molecular formula is C28H33FN6O2. The molecule has 3 aliphatic heterocycles. The van der Waals surface area contributed by atoms with Gasteiger partial charge in [-0.3, -0.25) is 4.99 Å². The summed E-state index contributed by atoms with van der Waals surface area (Å²) < 4.78 is 27.8. The molecule has 0 amide bonds. The van der Waals surface area contributed by atoms with Gasteiger partial charge in [-0.15, -0.1) is 0 Å². The first-order valence-electron chi connectivity index (χ1n) is 12.6. The first-order chi connectivity index (χ1) is 17.9. The molecule has 0 spiro atoms. The molecule has 9 heteroatoms. The average Bonchev–Trinajstić information content (AvgIpc) is 2.85. The molecule has 0 aliphatic carbocycles. The number of nitrogens with zero attached hydrogens (tertiary/aromatic N) is 5. The van der Waals surface area contributed by atoms with Gasteiger partial charge in [0.05, 0.1) is 34.5 Å². The van der Waals surface area contributed by atoms with Gasteiger partial charge in [-0.2, -0.15) is 0 Å². The van der Waals surface area contributed by atoms with Crippen molar-refractivity contribution in [1.82, 2.24) is 14.9 Å². The van der Waals surface area contributed by atoms with Crippen molar-refractivity contribution in [2.45, 2.75) is 38.6 Å². The largest absolute Gasteiger partial charge is 0.488 e. The highest BCUT2D eigenvalue weighted by Crippen LogP contribution is 2.40. The van der Waals surface area contributed by atoms with Crippen LogP contribution in [0.5, 0.6) is 5.75 Å².